The summed E-state index contributed by atoms with van der Waals surface area (Å²) >= 11 is 0. The maximum Gasteiger partial charge on any atom is 0.161 e. The molecule has 0 fully saturated rings. The lowest BCUT2D eigenvalue weighted by Crippen LogP contribution is -2.02. The second-order valence-electron chi connectivity index (χ2n) is 3.42. The second-order valence-corrected chi connectivity index (χ2v) is 3.42. The third-order valence-electron chi connectivity index (χ3n) is 1.75. The van der Waals surface area contributed by atoms with Crippen LogP contribution >= 0.6 is 0 Å². The van der Waals surface area contributed by atoms with Crippen molar-refractivity contribution in [1.29, 1.82) is 0 Å². The summed E-state index contributed by atoms with van der Waals surface area (Å²) in [7, 11) is 0. The van der Waals surface area contributed by atoms with Crippen LogP contribution in [0, 0.1) is 0 Å². The van der Waals surface area contributed by atoms with E-state index in [1.807, 2.05) is 26.8 Å². The standard InChI is InChI=1S/C11H15FO/c1-8(2)13-11-7-5-9(3)4-6-10(11)12/h4-6,8H,7H2,1-3H3. The molecular formula is C11H15FO. The van der Waals surface area contributed by atoms with Gasteiger partial charge in [0.1, 0.15) is 5.76 Å². The van der Waals surface area contributed by atoms with Crippen LogP contribution in [-0.4, -0.2) is 6.10 Å². The van der Waals surface area contributed by atoms with Crippen molar-refractivity contribution in [3.63, 3.8) is 0 Å². The molecule has 1 rings (SSSR count). The van der Waals surface area contributed by atoms with Crippen molar-refractivity contribution in [3.8, 4) is 0 Å². The van der Waals surface area contributed by atoms with Crippen LogP contribution < -0.4 is 0 Å². The van der Waals surface area contributed by atoms with E-state index in [1.165, 1.54) is 6.08 Å². The summed E-state index contributed by atoms with van der Waals surface area (Å²) in [4.78, 5) is 0. The van der Waals surface area contributed by atoms with E-state index in [9.17, 15) is 4.39 Å². The highest BCUT2D eigenvalue weighted by molar-refractivity contribution is 5.30. The largest absolute Gasteiger partial charge is 0.492 e. The van der Waals surface area contributed by atoms with Crippen LogP contribution in [0.1, 0.15) is 27.2 Å². The first-order valence-electron chi connectivity index (χ1n) is 4.49. The Morgan fingerprint density at radius 2 is 2.08 bits per heavy atom. The Kier molecular flexibility index (Phi) is 3.29. The third kappa shape index (κ3) is 3.05. The Balaban J connectivity index is 2.77. The molecule has 72 valence electrons. The van der Waals surface area contributed by atoms with Gasteiger partial charge in [-0.25, -0.2) is 4.39 Å². The SMILES string of the molecule is CC1=CCC(OC(C)C)=C(F)C=C1. The minimum absolute atomic E-state index is 0.0287. The molecule has 0 saturated heterocycles. The van der Waals surface area contributed by atoms with Gasteiger partial charge in [0.15, 0.2) is 5.83 Å². The van der Waals surface area contributed by atoms with E-state index in [2.05, 4.69) is 0 Å². The quantitative estimate of drug-likeness (QED) is 0.635. The first kappa shape index (κ1) is 10.0. The monoisotopic (exact) mass is 182 g/mol. The molecule has 0 aromatic heterocycles. The highest BCUT2D eigenvalue weighted by Crippen LogP contribution is 2.20. The van der Waals surface area contributed by atoms with Gasteiger partial charge in [-0.1, -0.05) is 17.7 Å². The van der Waals surface area contributed by atoms with E-state index in [1.54, 1.807) is 6.08 Å². The summed E-state index contributed by atoms with van der Waals surface area (Å²) in [5.74, 6) is 0.171. The number of hydrogen-bond acceptors (Lipinski definition) is 1. The van der Waals surface area contributed by atoms with Gasteiger partial charge >= 0.3 is 0 Å². The maximum absolute atomic E-state index is 13.3. The molecule has 0 N–H and O–H groups in total. The number of allylic oxidation sites excluding steroid dienone is 5. The molecule has 0 aromatic carbocycles. The minimum atomic E-state index is -0.262. The average molecular weight is 182 g/mol. The van der Waals surface area contributed by atoms with Crippen LogP contribution in [0.3, 0.4) is 0 Å². The van der Waals surface area contributed by atoms with Crippen LogP contribution in [0.5, 0.6) is 0 Å². The van der Waals surface area contributed by atoms with Gasteiger partial charge in [-0.15, -0.1) is 0 Å². The molecule has 0 unspecified atom stereocenters. The Bertz CT molecular complexity index is 272. The molecule has 2 heteroatoms. The van der Waals surface area contributed by atoms with Crippen molar-refractivity contribution in [1.82, 2.24) is 0 Å². The van der Waals surface area contributed by atoms with Gasteiger partial charge in [0, 0.05) is 6.42 Å². The van der Waals surface area contributed by atoms with Crippen molar-refractivity contribution in [2.45, 2.75) is 33.3 Å². The molecule has 0 atom stereocenters. The zero-order valence-electron chi connectivity index (χ0n) is 8.30. The molecule has 1 nitrogen and oxygen atoms in total. The Labute approximate surface area is 78.6 Å². The van der Waals surface area contributed by atoms with Crippen LogP contribution in [0.2, 0.25) is 0 Å². The lowest BCUT2D eigenvalue weighted by atomic mass is 10.2. The molecule has 0 radical (unpaired) electrons. The first-order chi connectivity index (χ1) is 6.09. The zero-order chi connectivity index (χ0) is 9.84. The number of ether oxygens (including phenoxy) is 1. The fourth-order valence-corrected chi connectivity index (χ4v) is 1.11. The van der Waals surface area contributed by atoms with Crippen molar-refractivity contribution >= 4 is 0 Å². The van der Waals surface area contributed by atoms with E-state index >= 15 is 0 Å². The van der Waals surface area contributed by atoms with E-state index < -0.39 is 0 Å². The number of rotatable bonds is 2. The van der Waals surface area contributed by atoms with Crippen LogP contribution in [-0.2, 0) is 4.74 Å². The average Bonchev–Trinajstić information content (AvgIpc) is 2.19. The molecular weight excluding hydrogens is 167 g/mol. The summed E-state index contributed by atoms with van der Waals surface area (Å²) in [6, 6.07) is 0. The zero-order valence-corrected chi connectivity index (χ0v) is 8.30. The van der Waals surface area contributed by atoms with Crippen molar-refractivity contribution in [3.05, 3.63) is 35.4 Å². The first-order valence-corrected chi connectivity index (χ1v) is 4.49. The van der Waals surface area contributed by atoms with Gasteiger partial charge in [0.2, 0.25) is 0 Å². The highest BCUT2D eigenvalue weighted by atomic mass is 19.1. The molecule has 1 aliphatic carbocycles. The number of halogens is 1. The van der Waals surface area contributed by atoms with Crippen molar-refractivity contribution in [2.75, 3.05) is 0 Å². The van der Waals surface area contributed by atoms with Gasteiger partial charge < -0.3 is 4.74 Å². The Hall–Kier alpha value is -1.05. The third-order valence-corrected chi connectivity index (χ3v) is 1.75. The van der Waals surface area contributed by atoms with Crippen molar-refractivity contribution in [2.24, 2.45) is 0 Å². The van der Waals surface area contributed by atoms with Gasteiger partial charge in [-0.3, -0.25) is 0 Å². The van der Waals surface area contributed by atoms with Crippen molar-refractivity contribution < 1.29 is 9.13 Å². The summed E-state index contributed by atoms with van der Waals surface area (Å²) in [5.41, 5.74) is 1.07. The van der Waals surface area contributed by atoms with Gasteiger partial charge in [0.05, 0.1) is 6.10 Å². The van der Waals surface area contributed by atoms with Gasteiger partial charge in [-0.2, -0.15) is 0 Å². The van der Waals surface area contributed by atoms with Crippen LogP contribution in [0.15, 0.2) is 35.4 Å². The predicted molar refractivity (Wildman–Crippen MR) is 51.9 cm³/mol. The molecule has 0 amide bonds. The molecule has 0 bridgehead atoms. The summed E-state index contributed by atoms with van der Waals surface area (Å²) in [6.07, 6.45) is 5.74. The Morgan fingerprint density at radius 3 is 2.69 bits per heavy atom. The molecule has 0 heterocycles. The normalized spacial score (nSPS) is 17.5. The van der Waals surface area contributed by atoms with Gasteiger partial charge in [0.25, 0.3) is 0 Å². The fraction of sp³-hybridized carbons (Fsp3) is 0.455. The van der Waals surface area contributed by atoms with E-state index in [0.29, 0.717) is 12.2 Å². The van der Waals surface area contributed by atoms with E-state index in [-0.39, 0.29) is 11.9 Å². The maximum atomic E-state index is 13.3. The highest BCUT2D eigenvalue weighted by Gasteiger charge is 2.08. The topological polar surface area (TPSA) is 9.23 Å². The van der Waals surface area contributed by atoms with E-state index in [0.717, 1.165) is 5.57 Å². The smallest absolute Gasteiger partial charge is 0.161 e. The number of hydrogen-bond donors (Lipinski definition) is 0. The van der Waals surface area contributed by atoms with Gasteiger partial charge in [-0.05, 0) is 26.8 Å². The lowest BCUT2D eigenvalue weighted by molar-refractivity contribution is 0.137. The minimum Gasteiger partial charge on any atom is -0.492 e. The summed E-state index contributed by atoms with van der Waals surface area (Å²) < 4.78 is 18.6. The molecule has 0 spiro atoms. The molecule has 1 aliphatic rings. The van der Waals surface area contributed by atoms with Crippen LogP contribution in [0.4, 0.5) is 4.39 Å². The second kappa shape index (κ2) is 4.26. The van der Waals surface area contributed by atoms with Crippen LogP contribution in [0.25, 0.3) is 0 Å². The lowest BCUT2D eigenvalue weighted by Gasteiger charge is -2.11. The van der Waals surface area contributed by atoms with E-state index in [4.69, 9.17) is 4.74 Å². The predicted octanol–water partition coefficient (Wildman–Crippen LogP) is 3.50. The Morgan fingerprint density at radius 1 is 1.38 bits per heavy atom. The molecule has 13 heavy (non-hydrogen) atoms. The fourth-order valence-electron chi connectivity index (χ4n) is 1.11. The molecule has 0 aliphatic heterocycles. The summed E-state index contributed by atoms with van der Waals surface area (Å²) in [5, 5.41) is 0. The summed E-state index contributed by atoms with van der Waals surface area (Å²) in [6.45, 7) is 5.74. The molecule has 0 saturated carbocycles. The molecule has 0 aromatic rings.